The monoisotopic (exact) mass is 588 g/mol. The van der Waals surface area contributed by atoms with Gasteiger partial charge in [0.05, 0.1) is 26.3 Å². The number of rotatable bonds is 25. The van der Waals surface area contributed by atoms with E-state index in [-0.39, 0.29) is 11.1 Å². The average molecular weight is 589 g/mol. The van der Waals surface area contributed by atoms with Crippen LogP contribution in [-0.4, -0.2) is 87.9 Å². The topological polar surface area (TPSA) is 116 Å². The lowest BCUT2D eigenvalue weighted by Crippen LogP contribution is -2.72. The third-order valence-electron chi connectivity index (χ3n) is 8.81. The molecule has 0 aromatic heterocycles. The van der Waals surface area contributed by atoms with Crippen LogP contribution in [0.5, 0.6) is 0 Å². The quantitative estimate of drug-likeness (QED) is 0.0701. The van der Waals surface area contributed by atoms with Gasteiger partial charge in [-0.15, -0.1) is 0 Å². The summed E-state index contributed by atoms with van der Waals surface area (Å²) in [7, 11) is 0. The summed E-state index contributed by atoms with van der Waals surface area (Å²) < 4.78 is 11.3. The van der Waals surface area contributed by atoms with Crippen LogP contribution < -0.4 is 0 Å². The highest BCUT2D eigenvalue weighted by Crippen LogP contribution is 2.32. The van der Waals surface area contributed by atoms with E-state index in [1.165, 1.54) is 89.9 Å². The van der Waals surface area contributed by atoms with E-state index in [0.29, 0.717) is 13.1 Å². The number of hydrogen-bond acceptors (Lipinski definition) is 7. The number of amides is 1. The maximum absolute atomic E-state index is 13.6. The third-order valence-corrected chi connectivity index (χ3v) is 8.81. The zero-order valence-corrected chi connectivity index (χ0v) is 26.8. The fraction of sp³-hybridized carbons (Fsp3) is 0.970. The van der Waals surface area contributed by atoms with Crippen molar-refractivity contribution < 1.29 is 39.2 Å². The van der Waals surface area contributed by atoms with Gasteiger partial charge in [0.2, 0.25) is 6.23 Å². The Bertz CT molecular complexity index is 609. The molecule has 0 spiro atoms. The number of quaternary nitrogens is 1. The first-order valence-corrected chi connectivity index (χ1v) is 17.2. The Morgan fingerprint density at radius 1 is 0.610 bits per heavy atom. The molecule has 1 unspecified atom stereocenters. The standard InChI is InChI=1S/C33H66NO7/c1-4-7-9-11-13-15-17-19-21-23-25-34(33(39)40-6-3,26-24-22-20-18-16-14-12-10-8-5-2)32-31(38)30(37)29(36)28(27-35)41-32/h28-32,35-38H,4-27H2,1-3H3/q+1/t28-,29-,30+,31-,32?/m1/s1. The van der Waals surface area contributed by atoms with Gasteiger partial charge in [-0.05, 0) is 32.6 Å². The first-order chi connectivity index (χ1) is 19.9. The molecule has 41 heavy (non-hydrogen) atoms. The van der Waals surface area contributed by atoms with Crippen LogP contribution in [-0.2, 0) is 9.47 Å². The predicted molar refractivity (Wildman–Crippen MR) is 164 cm³/mol. The number of ether oxygens (including phenoxy) is 2. The first kappa shape index (κ1) is 38.3. The Morgan fingerprint density at radius 3 is 1.37 bits per heavy atom. The van der Waals surface area contributed by atoms with Gasteiger partial charge >= 0.3 is 6.09 Å². The molecular formula is C33H66NO7+. The second kappa shape index (κ2) is 23.7. The van der Waals surface area contributed by atoms with Crippen molar-refractivity contribution in [3.63, 3.8) is 0 Å². The van der Waals surface area contributed by atoms with E-state index >= 15 is 0 Å². The van der Waals surface area contributed by atoms with Gasteiger partial charge in [0.1, 0.15) is 18.3 Å². The fourth-order valence-corrected chi connectivity index (χ4v) is 6.16. The van der Waals surface area contributed by atoms with Crippen molar-refractivity contribution in [2.24, 2.45) is 0 Å². The van der Waals surface area contributed by atoms with Crippen molar-refractivity contribution in [3.8, 4) is 0 Å². The van der Waals surface area contributed by atoms with Gasteiger partial charge in [-0.25, -0.2) is 0 Å². The Kier molecular flexibility index (Phi) is 22.1. The summed E-state index contributed by atoms with van der Waals surface area (Å²) in [5, 5.41) is 41.9. The lowest BCUT2D eigenvalue weighted by atomic mass is 9.96. The highest BCUT2D eigenvalue weighted by atomic mass is 16.6. The summed E-state index contributed by atoms with van der Waals surface area (Å²) in [6.45, 7) is 6.77. The largest absolute Gasteiger partial charge is 0.518 e. The van der Waals surface area contributed by atoms with E-state index in [0.717, 1.165) is 38.5 Å². The van der Waals surface area contributed by atoms with Gasteiger partial charge in [0.15, 0.2) is 6.10 Å². The van der Waals surface area contributed by atoms with Crippen molar-refractivity contribution in [1.29, 1.82) is 0 Å². The van der Waals surface area contributed by atoms with Gasteiger partial charge in [0, 0.05) is 0 Å². The number of hydrogen-bond donors (Lipinski definition) is 4. The summed E-state index contributed by atoms with van der Waals surface area (Å²) in [5.74, 6) is 0. The highest BCUT2D eigenvalue weighted by Gasteiger charge is 2.57. The lowest BCUT2D eigenvalue weighted by molar-refractivity contribution is -0.915. The van der Waals surface area contributed by atoms with E-state index < -0.39 is 43.3 Å². The van der Waals surface area contributed by atoms with Gasteiger partial charge in [0.25, 0.3) is 0 Å². The van der Waals surface area contributed by atoms with Crippen molar-refractivity contribution in [3.05, 3.63) is 0 Å². The molecule has 5 atom stereocenters. The lowest BCUT2D eigenvalue weighted by Gasteiger charge is -2.48. The smallest absolute Gasteiger partial charge is 0.420 e. The summed E-state index contributed by atoms with van der Waals surface area (Å²) in [4.78, 5) is 13.6. The van der Waals surface area contributed by atoms with Crippen molar-refractivity contribution in [1.82, 2.24) is 0 Å². The molecule has 0 aliphatic carbocycles. The van der Waals surface area contributed by atoms with Gasteiger partial charge in [-0.2, -0.15) is 9.28 Å². The Morgan fingerprint density at radius 2 is 1.00 bits per heavy atom. The zero-order chi connectivity index (χ0) is 30.3. The molecule has 0 saturated carbocycles. The molecule has 1 saturated heterocycles. The molecule has 1 amide bonds. The van der Waals surface area contributed by atoms with Crippen molar-refractivity contribution in [2.75, 3.05) is 26.3 Å². The molecular weight excluding hydrogens is 522 g/mol. The van der Waals surface area contributed by atoms with Crippen LogP contribution in [0, 0.1) is 0 Å². The van der Waals surface area contributed by atoms with Gasteiger partial charge in [-0.1, -0.05) is 117 Å². The number of carbonyl (C=O) groups is 1. The third kappa shape index (κ3) is 14.0. The van der Waals surface area contributed by atoms with Crippen LogP contribution in [0.1, 0.15) is 149 Å². The molecule has 0 aromatic rings. The Labute approximate surface area is 251 Å². The van der Waals surface area contributed by atoms with Crippen LogP contribution in [0.4, 0.5) is 4.79 Å². The SMILES string of the molecule is CCCCCCCCCCCC[N+](CCCCCCCCCCCC)(C(=O)OCC)C1O[C@H](CO)[C@@H](O)[C@H](O)[C@H]1O. The maximum atomic E-state index is 13.6. The Balaban J connectivity index is 2.83. The van der Waals surface area contributed by atoms with Crippen LogP contribution in [0.25, 0.3) is 0 Å². The summed E-state index contributed by atoms with van der Waals surface area (Å²) in [6.07, 6.45) is 16.3. The maximum Gasteiger partial charge on any atom is 0.518 e. The number of carbonyl (C=O) groups excluding carboxylic acids is 1. The second-order valence-corrected chi connectivity index (χ2v) is 12.3. The molecule has 1 aliphatic rings. The van der Waals surface area contributed by atoms with Crippen LogP contribution in [0.2, 0.25) is 0 Å². The van der Waals surface area contributed by atoms with E-state index in [1.54, 1.807) is 6.92 Å². The van der Waals surface area contributed by atoms with Gasteiger partial charge in [-0.3, -0.25) is 0 Å². The molecule has 244 valence electrons. The molecule has 1 rings (SSSR count). The van der Waals surface area contributed by atoms with Crippen molar-refractivity contribution in [2.45, 2.75) is 180 Å². The number of aliphatic hydroxyl groups is 4. The summed E-state index contributed by atoms with van der Waals surface area (Å²) in [5.41, 5.74) is 0. The van der Waals surface area contributed by atoms with E-state index in [9.17, 15) is 25.2 Å². The molecule has 1 aliphatic heterocycles. The summed E-state index contributed by atoms with van der Waals surface area (Å²) in [6, 6.07) is 0. The number of unbranched alkanes of at least 4 members (excludes halogenated alkanes) is 18. The van der Waals surface area contributed by atoms with Crippen LogP contribution >= 0.6 is 0 Å². The molecule has 0 bridgehead atoms. The average Bonchev–Trinajstić information content (AvgIpc) is 2.97. The van der Waals surface area contributed by atoms with Crippen LogP contribution in [0.3, 0.4) is 0 Å². The molecule has 0 aromatic carbocycles. The molecule has 8 nitrogen and oxygen atoms in total. The molecule has 1 heterocycles. The second-order valence-electron chi connectivity index (χ2n) is 12.3. The minimum absolute atomic E-state index is 0.201. The Hall–Kier alpha value is -0.770. The van der Waals surface area contributed by atoms with Gasteiger partial charge < -0.3 is 29.9 Å². The zero-order valence-electron chi connectivity index (χ0n) is 26.8. The van der Waals surface area contributed by atoms with E-state index in [4.69, 9.17) is 9.47 Å². The minimum Gasteiger partial charge on any atom is -0.420 e. The van der Waals surface area contributed by atoms with E-state index in [1.807, 2.05) is 0 Å². The first-order valence-electron chi connectivity index (χ1n) is 17.2. The van der Waals surface area contributed by atoms with Crippen molar-refractivity contribution >= 4 is 6.09 Å². The highest BCUT2D eigenvalue weighted by molar-refractivity contribution is 5.60. The number of nitrogens with zero attached hydrogens (tertiary/aromatic N) is 1. The van der Waals surface area contributed by atoms with Crippen LogP contribution in [0.15, 0.2) is 0 Å². The predicted octanol–water partition coefficient (Wildman–Crippen LogP) is 6.60. The fourth-order valence-electron chi connectivity index (χ4n) is 6.16. The molecule has 4 N–H and O–H groups in total. The summed E-state index contributed by atoms with van der Waals surface area (Å²) >= 11 is 0. The normalized spacial score (nSPS) is 23.1. The van der Waals surface area contributed by atoms with E-state index in [2.05, 4.69) is 13.8 Å². The minimum atomic E-state index is -1.52. The molecule has 0 radical (unpaired) electrons. The number of aliphatic hydroxyl groups excluding tert-OH is 4. The molecule has 1 fully saturated rings. The molecule has 8 heteroatoms.